The smallest absolute Gasteiger partial charge is 0.410 e. The Labute approximate surface area is 135 Å². The minimum atomic E-state index is -0.474. The van der Waals surface area contributed by atoms with Crippen molar-refractivity contribution < 1.29 is 9.53 Å². The maximum Gasteiger partial charge on any atom is 0.410 e. The van der Waals surface area contributed by atoms with Gasteiger partial charge in [-0.25, -0.2) is 9.78 Å². The molecule has 0 spiro atoms. The van der Waals surface area contributed by atoms with E-state index < -0.39 is 5.60 Å². The molecule has 122 valence electrons. The lowest BCUT2D eigenvalue weighted by Gasteiger charge is -2.30. The second-order valence-corrected chi connectivity index (χ2v) is 7.31. The predicted molar refractivity (Wildman–Crippen MR) is 88.6 cm³/mol. The number of rotatable bonds is 3. The number of ether oxygens (including phenoxy) is 1. The highest BCUT2D eigenvalue weighted by Gasteiger charge is 2.25. The summed E-state index contributed by atoms with van der Waals surface area (Å²) in [4.78, 5) is 22.6. The molecule has 1 aliphatic rings. The Bertz CT molecular complexity index is 522. The molecule has 1 aliphatic heterocycles. The van der Waals surface area contributed by atoms with Crippen molar-refractivity contribution in [3.63, 3.8) is 0 Å². The Morgan fingerprint density at radius 1 is 1.55 bits per heavy atom. The van der Waals surface area contributed by atoms with Crippen LogP contribution in [-0.2, 0) is 4.74 Å². The number of amidine groups is 1. The lowest BCUT2D eigenvalue weighted by atomic mass is 10.2. The van der Waals surface area contributed by atoms with E-state index in [4.69, 9.17) is 4.74 Å². The topological polar surface area (TPSA) is 66.8 Å². The van der Waals surface area contributed by atoms with E-state index in [0.717, 1.165) is 17.4 Å². The number of carbonyl (C=O) groups excluding carboxylic acids is 1. The molecule has 1 unspecified atom stereocenters. The van der Waals surface area contributed by atoms with Crippen LogP contribution in [0.15, 0.2) is 16.6 Å². The van der Waals surface area contributed by atoms with E-state index in [-0.39, 0.29) is 6.09 Å². The molecule has 6 nitrogen and oxygen atoms in total. The quantitative estimate of drug-likeness (QED) is 0.927. The van der Waals surface area contributed by atoms with Gasteiger partial charge in [0.25, 0.3) is 0 Å². The van der Waals surface area contributed by atoms with Crippen LogP contribution in [0.3, 0.4) is 0 Å². The maximum absolute atomic E-state index is 12.1. The van der Waals surface area contributed by atoms with Crippen molar-refractivity contribution in [3.05, 3.63) is 16.6 Å². The molecule has 1 aromatic heterocycles. The zero-order valence-electron chi connectivity index (χ0n) is 13.6. The number of amides is 1. The zero-order chi connectivity index (χ0) is 16.2. The van der Waals surface area contributed by atoms with E-state index in [9.17, 15) is 4.79 Å². The third kappa shape index (κ3) is 4.98. The van der Waals surface area contributed by atoms with Crippen LogP contribution in [0.25, 0.3) is 0 Å². The van der Waals surface area contributed by atoms with Crippen molar-refractivity contribution in [1.29, 1.82) is 0 Å². The molecule has 0 aliphatic carbocycles. The summed E-state index contributed by atoms with van der Waals surface area (Å²) >= 11 is 1.65. The predicted octanol–water partition coefficient (Wildman–Crippen LogP) is 2.49. The van der Waals surface area contributed by atoms with Crippen LogP contribution in [0.2, 0.25) is 0 Å². The van der Waals surface area contributed by atoms with Crippen LogP contribution >= 0.6 is 11.3 Å². The van der Waals surface area contributed by atoms with Crippen molar-refractivity contribution in [2.75, 3.05) is 26.2 Å². The third-order valence-electron chi connectivity index (χ3n) is 3.15. The van der Waals surface area contributed by atoms with E-state index in [1.807, 2.05) is 32.3 Å². The molecule has 1 aromatic rings. The second-order valence-electron chi connectivity index (χ2n) is 6.38. The van der Waals surface area contributed by atoms with Gasteiger partial charge in [0.15, 0.2) is 0 Å². The summed E-state index contributed by atoms with van der Waals surface area (Å²) in [6.45, 7) is 10.2. The van der Waals surface area contributed by atoms with Gasteiger partial charge in [0.1, 0.15) is 11.4 Å². The van der Waals surface area contributed by atoms with Crippen molar-refractivity contribution in [2.45, 2.75) is 39.2 Å². The molecule has 2 heterocycles. The molecular formula is C15H24N4O2S. The molecule has 0 bridgehead atoms. The van der Waals surface area contributed by atoms with Gasteiger partial charge in [-0.2, -0.15) is 0 Å². The van der Waals surface area contributed by atoms with Crippen LogP contribution in [0.5, 0.6) is 0 Å². The molecule has 0 saturated carbocycles. The molecule has 2 rings (SSSR count). The van der Waals surface area contributed by atoms with E-state index in [1.165, 1.54) is 0 Å². The zero-order valence-corrected chi connectivity index (χ0v) is 14.4. The summed E-state index contributed by atoms with van der Waals surface area (Å²) in [5.74, 6) is 1.15. The van der Waals surface area contributed by atoms with E-state index in [0.29, 0.717) is 25.6 Å². The fraction of sp³-hybridized carbons (Fsp3) is 0.667. The highest BCUT2D eigenvalue weighted by Crippen LogP contribution is 2.16. The van der Waals surface area contributed by atoms with Crippen LogP contribution in [0, 0.1) is 0 Å². The van der Waals surface area contributed by atoms with Crippen molar-refractivity contribution in [3.8, 4) is 0 Å². The Kier molecular flexibility index (Phi) is 5.39. The van der Waals surface area contributed by atoms with Gasteiger partial charge in [0.2, 0.25) is 0 Å². The summed E-state index contributed by atoms with van der Waals surface area (Å²) in [5, 5.41) is 6.41. The van der Waals surface area contributed by atoms with Crippen molar-refractivity contribution in [1.82, 2.24) is 15.2 Å². The van der Waals surface area contributed by atoms with Crippen LogP contribution < -0.4 is 5.32 Å². The van der Waals surface area contributed by atoms with Crippen molar-refractivity contribution in [2.24, 2.45) is 4.99 Å². The SMILES string of the molecule is CC(CNC1=NCCN(C(=O)OC(C)(C)C)C1)c1nccs1. The van der Waals surface area contributed by atoms with Crippen LogP contribution in [0.1, 0.15) is 38.6 Å². The van der Waals surface area contributed by atoms with E-state index in [1.54, 1.807) is 16.2 Å². The van der Waals surface area contributed by atoms with Gasteiger partial charge in [-0.05, 0) is 20.8 Å². The Morgan fingerprint density at radius 2 is 2.32 bits per heavy atom. The molecule has 1 N–H and O–H groups in total. The molecule has 1 amide bonds. The van der Waals surface area contributed by atoms with Gasteiger partial charge in [0.05, 0.1) is 18.1 Å². The summed E-state index contributed by atoms with van der Waals surface area (Å²) in [6, 6.07) is 0. The summed E-state index contributed by atoms with van der Waals surface area (Å²) < 4.78 is 5.41. The maximum atomic E-state index is 12.1. The average molecular weight is 324 g/mol. The number of hydrogen-bond acceptors (Lipinski definition) is 6. The lowest BCUT2D eigenvalue weighted by Crippen LogP contribution is -2.47. The largest absolute Gasteiger partial charge is 0.444 e. The monoisotopic (exact) mass is 324 g/mol. The fourth-order valence-corrected chi connectivity index (χ4v) is 2.74. The van der Waals surface area contributed by atoms with Gasteiger partial charge in [-0.3, -0.25) is 9.89 Å². The molecule has 0 fully saturated rings. The first-order valence-corrected chi connectivity index (χ1v) is 8.37. The van der Waals surface area contributed by atoms with Gasteiger partial charge in [0, 0.05) is 30.6 Å². The summed E-state index contributed by atoms with van der Waals surface area (Å²) in [7, 11) is 0. The number of aromatic nitrogens is 1. The van der Waals surface area contributed by atoms with Gasteiger partial charge < -0.3 is 10.1 Å². The first-order valence-electron chi connectivity index (χ1n) is 7.49. The number of hydrogen-bond donors (Lipinski definition) is 1. The first kappa shape index (κ1) is 16.7. The number of aliphatic imine (C=N–C) groups is 1. The third-order valence-corrected chi connectivity index (χ3v) is 4.16. The minimum absolute atomic E-state index is 0.283. The molecule has 22 heavy (non-hydrogen) atoms. The van der Waals surface area contributed by atoms with Gasteiger partial charge >= 0.3 is 6.09 Å². The number of thiazole rings is 1. The van der Waals surface area contributed by atoms with Gasteiger partial charge in [-0.1, -0.05) is 6.92 Å². The van der Waals surface area contributed by atoms with E-state index in [2.05, 4.69) is 22.2 Å². The molecule has 0 radical (unpaired) electrons. The highest BCUT2D eigenvalue weighted by atomic mass is 32.1. The second kappa shape index (κ2) is 7.09. The molecule has 0 saturated heterocycles. The van der Waals surface area contributed by atoms with Crippen LogP contribution in [-0.4, -0.2) is 53.6 Å². The molecule has 1 atom stereocenters. The number of nitrogens with zero attached hydrogens (tertiary/aromatic N) is 3. The summed E-state index contributed by atoms with van der Waals surface area (Å²) in [6.07, 6.45) is 1.54. The average Bonchev–Trinajstić information content (AvgIpc) is 2.97. The Hall–Kier alpha value is -1.63. The Balaban J connectivity index is 1.83. The minimum Gasteiger partial charge on any atom is -0.444 e. The highest BCUT2D eigenvalue weighted by molar-refractivity contribution is 7.09. The lowest BCUT2D eigenvalue weighted by molar-refractivity contribution is 0.0276. The van der Waals surface area contributed by atoms with E-state index >= 15 is 0 Å². The van der Waals surface area contributed by atoms with Crippen LogP contribution in [0.4, 0.5) is 4.79 Å². The Morgan fingerprint density at radius 3 is 2.95 bits per heavy atom. The summed E-state index contributed by atoms with van der Waals surface area (Å²) in [5.41, 5.74) is -0.474. The van der Waals surface area contributed by atoms with Gasteiger partial charge in [-0.15, -0.1) is 11.3 Å². The number of carbonyl (C=O) groups is 1. The molecule has 0 aromatic carbocycles. The number of nitrogens with one attached hydrogen (secondary N) is 1. The fourth-order valence-electron chi connectivity index (χ4n) is 2.05. The normalized spacial score (nSPS) is 16.9. The molecular weight excluding hydrogens is 300 g/mol. The first-order chi connectivity index (χ1) is 10.3. The molecule has 7 heteroatoms. The standard InChI is InChI=1S/C15H24N4O2S/c1-11(13-17-6-8-22-13)9-18-12-10-19(7-5-16-12)14(20)21-15(2,3)4/h6,8,11H,5,7,9-10H2,1-4H3,(H,16,18). The van der Waals surface area contributed by atoms with Crippen molar-refractivity contribution >= 4 is 23.3 Å².